The zero-order valence-corrected chi connectivity index (χ0v) is 16.4. The molecule has 1 saturated heterocycles. The Labute approximate surface area is 164 Å². The Morgan fingerprint density at radius 3 is 2.60 bits per heavy atom. The van der Waals surface area contributed by atoms with Crippen molar-refractivity contribution in [3.05, 3.63) is 81.0 Å². The zero-order chi connectivity index (χ0) is 17.2. The molecule has 1 aliphatic heterocycles. The Balaban J connectivity index is 1.72. The number of rotatable bonds is 4. The highest BCUT2D eigenvalue weighted by Crippen LogP contribution is 2.42. The number of hydrogen-bond donors (Lipinski definition) is 1. The van der Waals surface area contributed by atoms with Gasteiger partial charge in [0.2, 0.25) is 0 Å². The van der Waals surface area contributed by atoms with Crippen LogP contribution in [0.25, 0.3) is 0 Å². The van der Waals surface area contributed by atoms with E-state index in [1.165, 1.54) is 4.88 Å². The molecule has 4 nitrogen and oxygen atoms in total. The molecule has 0 saturated carbocycles. The molecule has 0 amide bonds. The standard InChI is InChI=1S/C18H15BrN4S2/c19-12-9-15(25-11-12)17-16(14-6-2-4-8-21-14)22-18(24)23(17)10-13-5-1-3-7-20-13/h1-9,11,16-17H,10H2,(H,22,24)/t16-,17+/m1/s1. The minimum absolute atomic E-state index is 0.0166. The molecule has 0 bridgehead atoms. The highest BCUT2D eigenvalue weighted by atomic mass is 79.9. The van der Waals surface area contributed by atoms with E-state index < -0.39 is 0 Å². The maximum Gasteiger partial charge on any atom is 0.170 e. The van der Waals surface area contributed by atoms with Crippen molar-refractivity contribution in [2.45, 2.75) is 18.6 Å². The molecule has 4 rings (SSSR count). The first kappa shape index (κ1) is 16.6. The molecular formula is C18H15BrN4S2. The lowest BCUT2D eigenvalue weighted by Crippen LogP contribution is -2.29. The number of pyridine rings is 2. The molecule has 0 radical (unpaired) electrons. The van der Waals surface area contributed by atoms with Gasteiger partial charge in [-0.3, -0.25) is 9.97 Å². The summed E-state index contributed by atoms with van der Waals surface area (Å²) >= 11 is 10.9. The smallest absolute Gasteiger partial charge is 0.170 e. The molecular weight excluding hydrogens is 416 g/mol. The van der Waals surface area contributed by atoms with Gasteiger partial charge in [0.25, 0.3) is 0 Å². The fourth-order valence-corrected chi connectivity index (χ4v) is 4.93. The van der Waals surface area contributed by atoms with Crippen LogP contribution < -0.4 is 5.32 Å². The first-order valence-electron chi connectivity index (χ1n) is 7.84. The van der Waals surface area contributed by atoms with Gasteiger partial charge in [0, 0.05) is 27.1 Å². The summed E-state index contributed by atoms with van der Waals surface area (Å²) < 4.78 is 1.09. The number of nitrogens with zero attached hydrogens (tertiary/aromatic N) is 3. The van der Waals surface area contributed by atoms with Crippen LogP contribution in [0.2, 0.25) is 0 Å². The Morgan fingerprint density at radius 2 is 1.96 bits per heavy atom. The number of thiophene rings is 1. The first-order valence-corrected chi connectivity index (χ1v) is 9.92. The minimum atomic E-state index is 0.0166. The zero-order valence-electron chi connectivity index (χ0n) is 13.2. The van der Waals surface area contributed by atoms with Crippen LogP contribution in [-0.4, -0.2) is 20.0 Å². The quantitative estimate of drug-likeness (QED) is 0.618. The molecule has 25 heavy (non-hydrogen) atoms. The van der Waals surface area contributed by atoms with Crippen molar-refractivity contribution in [2.75, 3.05) is 0 Å². The topological polar surface area (TPSA) is 41.1 Å². The molecule has 1 aliphatic rings. The van der Waals surface area contributed by atoms with Gasteiger partial charge in [-0.15, -0.1) is 11.3 Å². The van der Waals surface area contributed by atoms with E-state index in [-0.39, 0.29) is 12.1 Å². The van der Waals surface area contributed by atoms with Crippen molar-refractivity contribution < 1.29 is 0 Å². The number of aromatic nitrogens is 2. The van der Waals surface area contributed by atoms with Crippen molar-refractivity contribution in [3.63, 3.8) is 0 Å². The van der Waals surface area contributed by atoms with E-state index >= 15 is 0 Å². The van der Waals surface area contributed by atoms with Crippen LogP contribution in [0.15, 0.2) is 64.7 Å². The Bertz CT molecular complexity index is 869. The summed E-state index contributed by atoms with van der Waals surface area (Å²) in [6.45, 7) is 0.663. The molecule has 0 aliphatic carbocycles. The predicted molar refractivity (Wildman–Crippen MR) is 107 cm³/mol. The van der Waals surface area contributed by atoms with E-state index in [0.29, 0.717) is 6.54 Å². The molecule has 4 heterocycles. The molecule has 0 aromatic carbocycles. The van der Waals surface area contributed by atoms with E-state index in [2.05, 4.69) is 47.6 Å². The van der Waals surface area contributed by atoms with Crippen LogP contribution in [-0.2, 0) is 6.54 Å². The fourth-order valence-electron chi connectivity index (χ4n) is 3.03. The van der Waals surface area contributed by atoms with Crippen LogP contribution in [0.4, 0.5) is 0 Å². The van der Waals surface area contributed by atoms with Gasteiger partial charge in [-0.05, 0) is 58.5 Å². The highest BCUT2D eigenvalue weighted by molar-refractivity contribution is 9.10. The molecule has 2 atom stereocenters. The van der Waals surface area contributed by atoms with E-state index in [0.717, 1.165) is 21.0 Å². The highest BCUT2D eigenvalue weighted by Gasteiger charge is 2.40. The fraction of sp³-hybridized carbons (Fsp3) is 0.167. The van der Waals surface area contributed by atoms with E-state index in [1.807, 2.05) is 48.8 Å². The number of nitrogens with one attached hydrogen (secondary N) is 1. The summed E-state index contributed by atoms with van der Waals surface area (Å²) in [4.78, 5) is 12.5. The Morgan fingerprint density at radius 1 is 1.16 bits per heavy atom. The Hall–Kier alpha value is -1.83. The van der Waals surface area contributed by atoms with Gasteiger partial charge in [-0.25, -0.2) is 0 Å². The van der Waals surface area contributed by atoms with Crippen molar-refractivity contribution in [1.82, 2.24) is 20.2 Å². The summed E-state index contributed by atoms with van der Waals surface area (Å²) in [5.41, 5.74) is 1.98. The molecule has 1 fully saturated rings. The maximum absolute atomic E-state index is 5.65. The predicted octanol–water partition coefficient (Wildman–Crippen LogP) is 4.47. The summed E-state index contributed by atoms with van der Waals surface area (Å²) in [5, 5.41) is 6.29. The molecule has 7 heteroatoms. The molecule has 1 N–H and O–H groups in total. The lowest BCUT2D eigenvalue weighted by atomic mass is 10.0. The maximum atomic E-state index is 5.65. The molecule has 0 unspecified atom stereocenters. The monoisotopic (exact) mass is 430 g/mol. The second-order valence-electron chi connectivity index (χ2n) is 5.74. The van der Waals surface area contributed by atoms with Gasteiger partial charge in [0.1, 0.15) is 0 Å². The minimum Gasteiger partial charge on any atom is -0.352 e. The van der Waals surface area contributed by atoms with E-state index in [9.17, 15) is 0 Å². The molecule has 3 aromatic rings. The van der Waals surface area contributed by atoms with Crippen molar-refractivity contribution in [2.24, 2.45) is 0 Å². The third-order valence-electron chi connectivity index (χ3n) is 4.14. The second-order valence-corrected chi connectivity index (χ2v) is 7.99. The van der Waals surface area contributed by atoms with Gasteiger partial charge >= 0.3 is 0 Å². The third kappa shape index (κ3) is 3.44. The van der Waals surface area contributed by atoms with E-state index in [4.69, 9.17) is 12.2 Å². The van der Waals surface area contributed by atoms with Gasteiger partial charge in [-0.1, -0.05) is 12.1 Å². The van der Waals surface area contributed by atoms with Gasteiger partial charge in [0.15, 0.2) is 5.11 Å². The van der Waals surface area contributed by atoms with Crippen LogP contribution >= 0.6 is 39.5 Å². The van der Waals surface area contributed by atoms with Crippen molar-refractivity contribution >= 4 is 44.6 Å². The van der Waals surface area contributed by atoms with Gasteiger partial charge in [0.05, 0.1) is 30.0 Å². The number of hydrogen-bond acceptors (Lipinski definition) is 4. The summed E-state index contributed by atoms with van der Waals surface area (Å²) in [7, 11) is 0. The molecule has 126 valence electrons. The van der Waals surface area contributed by atoms with Gasteiger partial charge in [-0.2, -0.15) is 0 Å². The largest absolute Gasteiger partial charge is 0.352 e. The number of halogens is 1. The second kappa shape index (κ2) is 7.19. The van der Waals surface area contributed by atoms with E-state index in [1.54, 1.807) is 11.3 Å². The van der Waals surface area contributed by atoms with Crippen LogP contribution in [0.5, 0.6) is 0 Å². The lowest BCUT2D eigenvalue weighted by Gasteiger charge is -2.26. The molecule has 3 aromatic heterocycles. The lowest BCUT2D eigenvalue weighted by molar-refractivity contribution is 0.312. The first-order chi connectivity index (χ1) is 12.2. The third-order valence-corrected chi connectivity index (χ3v) is 6.25. The van der Waals surface area contributed by atoms with Crippen molar-refractivity contribution in [3.8, 4) is 0 Å². The average molecular weight is 431 g/mol. The number of thiocarbonyl (C=S) groups is 1. The molecule has 0 spiro atoms. The van der Waals surface area contributed by atoms with Crippen molar-refractivity contribution in [1.29, 1.82) is 0 Å². The van der Waals surface area contributed by atoms with Crippen LogP contribution in [0.3, 0.4) is 0 Å². The Kier molecular flexibility index (Phi) is 4.78. The summed E-state index contributed by atoms with van der Waals surface area (Å²) in [5.74, 6) is 0. The summed E-state index contributed by atoms with van der Waals surface area (Å²) in [6, 6.07) is 14.2. The average Bonchev–Trinajstić information content (AvgIpc) is 3.20. The van der Waals surface area contributed by atoms with Gasteiger partial charge < -0.3 is 10.2 Å². The SMILES string of the molecule is S=C1N[C@H](c2ccccn2)[C@H](c2cc(Br)cs2)N1Cc1ccccn1. The van der Waals surface area contributed by atoms with Crippen LogP contribution in [0, 0.1) is 0 Å². The normalized spacial score (nSPS) is 19.9. The van der Waals surface area contributed by atoms with Crippen LogP contribution in [0.1, 0.15) is 28.3 Å². The summed E-state index contributed by atoms with van der Waals surface area (Å²) in [6.07, 6.45) is 3.64.